The normalized spacial score (nSPS) is 21.1. The zero-order valence-corrected chi connectivity index (χ0v) is 8.55. The second kappa shape index (κ2) is 4.33. The van der Waals surface area contributed by atoms with Gasteiger partial charge in [0, 0.05) is 6.04 Å². The second-order valence-corrected chi connectivity index (χ2v) is 3.77. The van der Waals surface area contributed by atoms with Crippen molar-refractivity contribution >= 4 is 0 Å². The van der Waals surface area contributed by atoms with Crippen molar-refractivity contribution < 1.29 is 17.9 Å². The Labute approximate surface area is 91.4 Å². The Hall–Kier alpha value is -1.23. The number of rotatable bonds is 2. The van der Waals surface area contributed by atoms with E-state index in [9.17, 15) is 13.2 Å². The highest BCUT2D eigenvalue weighted by molar-refractivity contribution is 5.31. The van der Waals surface area contributed by atoms with Crippen LogP contribution in [-0.2, 0) is 0 Å². The molecular weight excluding hydrogens is 219 g/mol. The molecule has 16 heavy (non-hydrogen) atoms. The Morgan fingerprint density at radius 2 is 2.12 bits per heavy atom. The lowest BCUT2D eigenvalue weighted by Gasteiger charge is -2.13. The van der Waals surface area contributed by atoms with Crippen LogP contribution in [0.3, 0.4) is 0 Å². The van der Waals surface area contributed by atoms with Crippen molar-refractivity contribution in [3.05, 3.63) is 29.8 Å². The number of alkyl halides is 3. The van der Waals surface area contributed by atoms with Crippen molar-refractivity contribution in [3.63, 3.8) is 0 Å². The molecule has 5 heteroatoms. The van der Waals surface area contributed by atoms with E-state index in [1.807, 2.05) is 6.07 Å². The van der Waals surface area contributed by atoms with Gasteiger partial charge in [-0.15, -0.1) is 13.2 Å². The van der Waals surface area contributed by atoms with Crippen LogP contribution in [-0.4, -0.2) is 12.9 Å². The van der Waals surface area contributed by atoms with Crippen LogP contribution in [0.25, 0.3) is 0 Å². The van der Waals surface area contributed by atoms with Gasteiger partial charge < -0.3 is 10.1 Å². The minimum atomic E-state index is -4.62. The Morgan fingerprint density at radius 3 is 2.75 bits per heavy atom. The van der Waals surface area contributed by atoms with Crippen LogP contribution in [0.1, 0.15) is 24.4 Å². The molecule has 1 aliphatic rings. The molecule has 1 heterocycles. The number of hydrogen-bond acceptors (Lipinski definition) is 2. The Bertz CT molecular complexity index is 358. The standard InChI is InChI=1S/C11H12F3NO/c12-11(13,14)16-9-4-1-3-8(7-9)10-5-2-6-15-10/h1,3-4,7,10,15H,2,5-6H2. The zero-order chi connectivity index (χ0) is 11.6. The van der Waals surface area contributed by atoms with Gasteiger partial charge >= 0.3 is 6.36 Å². The highest BCUT2D eigenvalue weighted by atomic mass is 19.4. The second-order valence-electron chi connectivity index (χ2n) is 3.77. The molecule has 2 nitrogen and oxygen atoms in total. The van der Waals surface area contributed by atoms with Gasteiger partial charge in [-0.2, -0.15) is 0 Å². The fourth-order valence-electron chi connectivity index (χ4n) is 1.90. The summed E-state index contributed by atoms with van der Waals surface area (Å²) in [6, 6.07) is 6.29. The summed E-state index contributed by atoms with van der Waals surface area (Å²) in [5.74, 6) is -0.154. The summed E-state index contributed by atoms with van der Waals surface area (Å²) >= 11 is 0. The molecule has 1 saturated heterocycles. The summed E-state index contributed by atoms with van der Waals surface area (Å²) in [4.78, 5) is 0. The monoisotopic (exact) mass is 231 g/mol. The maximum atomic E-state index is 12.0. The van der Waals surface area contributed by atoms with E-state index in [4.69, 9.17) is 0 Å². The number of benzene rings is 1. The van der Waals surface area contributed by atoms with Gasteiger partial charge in [0.25, 0.3) is 0 Å². The minimum Gasteiger partial charge on any atom is -0.406 e. The first-order chi connectivity index (χ1) is 7.54. The average molecular weight is 231 g/mol. The van der Waals surface area contributed by atoms with Gasteiger partial charge in [0.05, 0.1) is 0 Å². The predicted molar refractivity (Wildman–Crippen MR) is 53.1 cm³/mol. The van der Waals surface area contributed by atoms with Gasteiger partial charge in [-0.05, 0) is 37.1 Å². The van der Waals surface area contributed by atoms with E-state index in [1.165, 1.54) is 12.1 Å². The van der Waals surface area contributed by atoms with E-state index in [0.29, 0.717) is 0 Å². The number of halogens is 3. The highest BCUT2D eigenvalue weighted by Crippen LogP contribution is 2.28. The molecule has 1 N–H and O–H groups in total. The largest absolute Gasteiger partial charge is 0.573 e. The summed E-state index contributed by atoms with van der Waals surface area (Å²) in [5, 5.41) is 3.23. The van der Waals surface area contributed by atoms with Gasteiger partial charge in [-0.3, -0.25) is 0 Å². The summed E-state index contributed by atoms with van der Waals surface area (Å²) in [6.07, 6.45) is -2.62. The Balaban J connectivity index is 2.12. The molecule has 2 rings (SSSR count). The van der Waals surface area contributed by atoms with Crippen LogP contribution in [0.2, 0.25) is 0 Å². The lowest BCUT2D eigenvalue weighted by Crippen LogP contribution is -2.18. The molecule has 1 atom stereocenters. The lowest BCUT2D eigenvalue weighted by molar-refractivity contribution is -0.274. The molecule has 88 valence electrons. The van der Waals surface area contributed by atoms with E-state index in [-0.39, 0.29) is 11.8 Å². The van der Waals surface area contributed by atoms with E-state index in [1.54, 1.807) is 6.07 Å². The molecule has 0 radical (unpaired) electrons. The molecule has 0 spiro atoms. The van der Waals surface area contributed by atoms with Gasteiger partial charge in [-0.1, -0.05) is 12.1 Å². The molecule has 0 amide bonds. The Kier molecular flexibility index (Phi) is 3.05. The van der Waals surface area contributed by atoms with Crippen LogP contribution in [0, 0.1) is 0 Å². The van der Waals surface area contributed by atoms with Crippen molar-refractivity contribution in [1.29, 1.82) is 0 Å². The predicted octanol–water partition coefficient (Wildman–Crippen LogP) is 3.01. The van der Waals surface area contributed by atoms with Crippen LogP contribution in [0.15, 0.2) is 24.3 Å². The fraction of sp³-hybridized carbons (Fsp3) is 0.455. The molecule has 0 aromatic heterocycles. The maximum absolute atomic E-state index is 12.0. The van der Waals surface area contributed by atoms with Crippen LogP contribution >= 0.6 is 0 Å². The average Bonchev–Trinajstić information content (AvgIpc) is 2.68. The van der Waals surface area contributed by atoms with Crippen LogP contribution in [0.5, 0.6) is 5.75 Å². The van der Waals surface area contributed by atoms with E-state index < -0.39 is 6.36 Å². The number of hydrogen-bond donors (Lipinski definition) is 1. The lowest BCUT2D eigenvalue weighted by atomic mass is 10.1. The quantitative estimate of drug-likeness (QED) is 0.844. The smallest absolute Gasteiger partial charge is 0.406 e. The summed E-state index contributed by atoms with van der Waals surface area (Å²) in [7, 11) is 0. The van der Waals surface area contributed by atoms with Crippen molar-refractivity contribution in [2.45, 2.75) is 25.2 Å². The minimum absolute atomic E-state index is 0.150. The van der Waals surface area contributed by atoms with Crippen molar-refractivity contribution in [2.24, 2.45) is 0 Å². The molecule has 1 fully saturated rings. The maximum Gasteiger partial charge on any atom is 0.573 e. The highest BCUT2D eigenvalue weighted by Gasteiger charge is 2.31. The summed E-state index contributed by atoms with van der Waals surface area (Å²) < 4.78 is 39.9. The van der Waals surface area contributed by atoms with E-state index in [2.05, 4.69) is 10.1 Å². The SMILES string of the molecule is FC(F)(F)Oc1cccc(C2CCCN2)c1. The summed E-state index contributed by atoms with van der Waals surface area (Å²) in [6.45, 7) is 0.912. The van der Waals surface area contributed by atoms with Crippen molar-refractivity contribution in [3.8, 4) is 5.75 Å². The van der Waals surface area contributed by atoms with E-state index in [0.717, 1.165) is 24.9 Å². The van der Waals surface area contributed by atoms with Crippen molar-refractivity contribution in [1.82, 2.24) is 5.32 Å². The third kappa shape index (κ3) is 2.88. The first kappa shape index (κ1) is 11.3. The number of nitrogens with one attached hydrogen (secondary N) is 1. The first-order valence-electron chi connectivity index (χ1n) is 5.14. The molecule has 0 bridgehead atoms. The summed E-state index contributed by atoms with van der Waals surface area (Å²) in [5.41, 5.74) is 0.847. The molecular formula is C11H12F3NO. The fourth-order valence-corrected chi connectivity index (χ4v) is 1.90. The molecule has 1 unspecified atom stereocenters. The topological polar surface area (TPSA) is 21.3 Å². The molecule has 0 aliphatic carbocycles. The molecule has 1 aliphatic heterocycles. The molecule has 0 saturated carbocycles. The molecule has 1 aromatic rings. The van der Waals surface area contributed by atoms with Gasteiger partial charge in [-0.25, -0.2) is 0 Å². The molecule has 1 aromatic carbocycles. The third-order valence-corrected chi connectivity index (χ3v) is 2.55. The van der Waals surface area contributed by atoms with Gasteiger partial charge in [0.2, 0.25) is 0 Å². The van der Waals surface area contributed by atoms with Gasteiger partial charge in [0.1, 0.15) is 5.75 Å². The van der Waals surface area contributed by atoms with Crippen LogP contribution < -0.4 is 10.1 Å². The third-order valence-electron chi connectivity index (χ3n) is 2.55. The first-order valence-corrected chi connectivity index (χ1v) is 5.14. The number of ether oxygens (including phenoxy) is 1. The van der Waals surface area contributed by atoms with Crippen molar-refractivity contribution in [2.75, 3.05) is 6.54 Å². The van der Waals surface area contributed by atoms with E-state index >= 15 is 0 Å². The van der Waals surface area contributed by atoms with Gasteiger partial charge in [0.15, 0.2) is 0 Å². The van der Waals surface area contributed by atoms with Crippen LogP contribution in [0.4, 0.5) is 13.2 Å². The zero-order valence-electron chi connectivity index (χ0n) is 8.55. The Morgan fingerprint density at radius 1 is 1.31 bits per heavy atom.